The van der Waals surface area contributed by atoms with E-state index in [0.29, 0.717) is 18.5 Å². The summed E-state index contributed by atoms with van der Waals surface area (Å²) in [5.74, 6) is 0.0924. The van der Waals surface area contributed by atoms with Crippen LogP contribution in [0.1, 0.15) is 40.5 Å². The predicted molar refractivity (Wildman–Crippen MR) is 100 cm³/mol. The molecule has 0 heterocycles. The van der Waals surface area contributed by atoms with Crippen LogP contribution >= 0.6 is 12.2 Å². The van der Waals surface area contributed by atoms with Gasteiger partial charge in [-0.3, -0.25) is 4.79 Å². The molecule has 1 aromatic rings. The van der Waals surface area contributed by atoms with Gasteiger partial charge in [-0.1, -0.05) is 20.8 Å². The molecule has 0 saturated heterocycles. The van der Waals surface area contributed by atoms with E-state index in [1.807, 2.05) is 27.7 Å². The van der Waals surface area contributed by atoms with Crippen molar-refractivity contribution in [1.29, 1.82) is 0 Å². The maximum atomic E-state index is 12.2. The van der Waals surface area contributed by atoms with Crippen molar-refractivity contribution in [3.8, 4) is 0 Å². The van der Waals surface area contributed by atoms with Gasteiger partial charge in [-0.2, -0.15) is 0 Å². The molecule has 0 aromatic heterocycles. The standard InChI is InChI=1S/C16H25N3O3S2/c1-5-12(4)19-24(21,22)14-8-6-13(7-9-14)17-16(23)18-15(20)10-11(2)3/h6-9,11-12,19H,5,10H2,1-4H3,(H2,17,18,20,23). The number of carbonyl (C=O) groups is 1. The molecule has 1 amide bonds. The molecule has 24 heavy (non-hydrogen) atoms. The molecule has 1 rings (SSSR count). The van der Waals surface area contributed by atoms with Crippen molar-refractivity contribution in [3.05, 3.63) is 24.3 Å². The van der Waals surface area contributed by atoms with Crippen LogP contribution in [0.4, 0.5) is 5.69 Å². The Hall–Kier alpha value is -1.51. The second kappa shape index (κ2) is 9.10. The monoisotopic (exact) mass is 371 g/mol. The van der Waals surface area contributed by atoms with Gasteiger partial charge in [0.05, 0.1) is 4.90 Å². The van der Waals surface area contributed by atoms with Crippen molar-refractivity contribution in [1.82, 2.24) is 10.0 Å². The van der Waals surface area contributed by atoms with Gasteiger partial charge in [-0.15, -0.1) is 0 Å². The van der Waals surface area contributed by atoms with E-state index in [0.717, 1.165) is 0 Å². The second-order valence-electron chi connectivity index (χ2n) is 6.06. The fourth-order valence-electron chi connectivity index (χ4n) is 1.84. The first-order chi connectivity index (χ1) is 11.1. The highest BCUT2D eigenvalue weighted by Gasteiger charge is 2.16. The lowest BCUT2D eigenvalue weighted by Gasteiger charge is -2.13. The van der Waals surface area contributed by atoms with E-state index in [4.69, 9.17) is 12.2 Å². The molecule has 1 aromatic carbocycles. The predicted octanol–water partition coefficient (Wildman–Crippen LogP) is 2.62. The Labute approximate surface area is 149 Å². The van der Waals surface area contributed by atoms with Crippen molar-refractivity contribution >= 4 is 38.9 Å². The summed E-state index contributed by atoms with van der Waals surface area (Å²) < 4.78 is 26.9. The van der Waals surface area contributed by atoms with E-state index >= 15 is 0 Å². The van der Waals surface area contributed by atoms with Crippen LogP contribution in [-0.4, -0.2) is 25.5 Å². The van der Waals surface area contributed by atoms with Crippen molar-refractivity contribution in [2.75, 3.05) is 5.32 Å². The summed E-state index contributed by atoms with van der Waals surface area (Å²) in [5, 5.41) is 5.64. The minimum atomic E-state index is -3.53. The number of amides is 1. The zero-order chi connectivity index (χ0) is 18.3. The van der Waals surface area contributed by atoms with Crippen molar-refractivity contribution in [3.63, 3.8) is 0 Å². The molecular formula is C16H25N3O3S2. The Morgan fingerprint density at radius 1 is 1.17 bits per heavy atom. The van der Waals surface area contributed by atoms with E-state index in [1.54, 1.807) is 12.1 Å². The second-order valence-corrected chi connectivity index (χ2v) is 8.18. The number of sulfonamides is 1. The van der Waals surface area contributed by atoms with Gasteiger partial charge in [0.25, 0.3) is 0 Å². The van der Waals surface area contributed by atoms with Crippen LogP contribution in [0.3, 0.4) is 0 Å². The Balaban J connectivity index is 2.68. The smallest absolute Gasteiger partial charge is 0.240 e. The number of benzene rings is 1. The van der Waals surface area contributed by atoms with Gasteiger partial charge in [-0.25, -0.2) is 13.1 Å². The normalized spacial score (nSPS) is 12.7. The van der Waals surface area contributed by atoms with E-state index in [1.165, 1.54) is 12.1 Å². The third-order valence-corrected chi connectivity index (χ3v) is 5.05. The van der Waals surface area contributed by atoms with E-state index in [9.17, 15) is 13.2 Å². The van der Waals surface area contributed by atoms with Crippen LogP contribution in [0.15, 0.2) is 29.2 Å². The van der Waals surface area contributed by atoms with Gasteiger partial charge in [0.2, 0.25) is 15.9 Å². The number of carbonyl (C=O) groups excluding carboxylic acids is 1. The first kappa shape index (κ1) is 20.5. The summed E-state index contributed by atoms with van der Waals surface area (Å²) in [6.07, 6.45) is 1.10. The quantitative estimate of drug-likeness (QED) is 0.641. The van der Waals surface area contributed by atoms with Gasteiger partial charge >= 0.3 is 0 Å². The highest BCUT2D eigenvalue weighted by molar-refractivity contribution is 7.89. The van der Waals surface area contributed by atoms with Crippen LogP contribution in [0.25, 0.3) is 0 Å². The van der Waals surface area contributed by atoms with Gasteiger partial charge in [0, 0.05) is 18.2 Å². The van der Waals surface area contributed by atoms with E-state index in [2.05, 4.69) is 15.4 Å². The SMILES string of the molecule is CCC(C)NS(=O)(=O)c1ccc(NC(=S)NC(=O)CC(C)C)cc1. The van der Waals surface area contributed by atoms with Crippen LogP contribution in [0.2, 0.25) is 0 Å². The van der Waals surface area contributed by atoms with Crippen LogP contribution < -0.4 is 15.4 Å². The van der Waals surface area contributed by atoms with Gasteiger partial charge < -0.3 is 10.6 Å². The van der Waals surface area contributed by atoms with Crippen molar-refractivity contribution < 1.29 is 13.2 Å². The Kier molecular flexibility index (Phi) is 7.78. The lowest BCUT2D eigenvalue weighted by molar-refractivity contribution is -0.120. The number of thiocarbonyl (C=S) groups is 1. The maximum Gasteiger partial charge on any atom is 0.240 e. The molecule has 0 radical (unpaired) electrons. The Morgan fingerprint density at radius 3 is 2.25 bits per heavy atom. The highest BCUT2D eigenvalue weighted by atomic mass is 32.2. The van der Waals surface area contributed by atoms with E-state index in [-0.39, 0.29) is 27.9 Å². The lowest BCUT2D eigenvalue weighted by Crippen LogP contribution is -2.34. The molecule has 0 aliphatic rings. The maximum absolute atomic E-state index is 12.2. The van der Waals surface area contributed by atoms with Crippen LogP contribution in [0.5, 0.6) is 0 Å². The third-order valence-electron chi connectivity index (χ3n) is 3.24. The molecule has 3 N–H and O–H groups in total. The molecule has 0 saturated carbocycles. The van der Waals surface area contributed by atoms with Crippen LogP contribution in [-0.2, 0) is 14.8 Å². The largest absolute Gasteiger partial charge is 0.332 e. The van der Waals surface area contributed by atoms with Gasteiger partial charge in [0.15, 0.2) is 5.11 Å². The molecule has 1 unspecified atom stereocenters. The molecule has 1 atom stereocenters. The molecule has 0 aliphatic heterocycles. The fraction of sp³-hybridized carbons (Fsp3) is 0.500. The minimum Gasteiger partial charge on any atom is -0.332 e. The highest BCUT2D eigenvalue weighted by Crippen LogP contribution is 2.14. The molecule has 0 aliphatic carbocycles. The minimum absolute atomic E-state index is 0.128. The van der Waals surface area contributed by atoms with E-state index < -0.39 is 10.0 Å². The topological polar surface area (TPSA) is 87.3 Å². The van der Waals surface area contributed by atoms with Gasteiger partial charge in [-0.05, 0) is 55.7 Å². The number of hydrogen-bond acceptors (Lipinski definition) is 4. The number of hydrogen-bond donors (Lipinski definition) is 3. The average Bonchev–Trinajstić information content (AvgIpc) is 2.46. The van der Waals surface area contributed by atoms with Crippen molar-refractivity contribution in [2.24, 2.45) is 5.92 Å². The molecular weight excluding hydrogens is 346 g/mol. The summed E-state index contributed by atoms with van der Waals surface area (Å²) in [5.41, 5.74) is 0.604. The molecule has 6 nitrogen and oxygen atoms in total. The van der Waals surface area contributed by atoms with Crippen LogP contribution in [0, 0.1) is 5.92 Å². The first-order valence-electron chi connectivity index (χ1n) is 7.87. The molecule has 0 fully saturated rings. The first-order valence-corrected chi connectivity index (χ1v) is 9.76. The number of anilines is 1. The summed E-state index contributed by atoms with van der Waals surface area (Å²) in [6.45, 7) is 7.62. The summed E-state index contributed by atoms with van der Waals surface area (Å²) in [7, 11) is -3.53. The zero-order valence-corrected chi connectivity index (χ0v) is 16.1. The molecule has 134 valence electrons. The number of rotatable bonds is 7. The zero-order valence-electron chi connectivity index (χ0n) is 14.4. The number of nitrogens with one attached hydrogen (secondary N) is 3. The average molecular weight is 372 g/mol. The molecule has 0 bridgehead atoms. The molecule has 0 spiro atoms. The van der Waals surface area contributed by atoms with Gasteiger partial charge in [0.1, 0.15) is 0 Å². The third kappa shape index (κ3) is 6.94. The molecule has 8 heteroatoms. The lowest BCUT2D eigenvalue weighted by atomic mass is 10.1. The fourth-order valence-corrected chi connectivity index (χ4v) is 3.40. The summed E-state index contributed by atoms with van der Waals surface area (Å²) in [4.78, 5) is 11.8. The van der Waals surface area contributed by atoms with Crippen molar-refractivity contribution in [2.45, 2.75) is 51.5 Å². The summed E-state index contributed by atoms with van der Waals surface area (Å²) >= 11 is 5.07. The summed E-state index contributed by atoms with van der Waals surface area (Å²) in [6, 6.07) is 6.06. The Morgan fingerprint density at radius 2 is 1.75 bits per heavy atom. The Bertz CT molecular complexity index is 670.